The van der Waals surface area contributed by atoms with E-state index in [1.54, 1.807) is 12.3 Å². The molecule has 90 valence electrons. The molecule has 1 atom stereocenters. The summed E-state index contributed by atoms with van der Waals surface area (Å²) in [6.45, 7) is 4.30. The number of rotatable bonds is 3. The van der Waals surface area contributed by atoms with Crippen molar-refractivity contribution in [1.82, 2.24) is 0 Å². The third-order valence-corrected chi connectivity index (χ3v) is 3.50. The third kappa shape index (κ3) is 2.61. The van der Waals surface area contributed by atoms with Crippen LogP contribution in [0.25, 0.3) is 0 Å². The van der Waals surface area contributed by atoms with Crippen molar-refractivity contribution in [2.45, 2.75) is 25.9 Å². The highest BCUT2D eigenvalue weighted by atomic mass is 79.9. The molecule has 1 unspecified atom stereocenters. The molecule has 2 rings (SSSR count). The molecule has 1 aromatic heterocycles. The van der Waals surface area contributed by atoms with Crippen LogP contribution in [0.1, 0.15) is 42.6 Å². The molecule has 0 aliphatic heterocycles. The molecule has 1 N–H and O–H groups in total. The summed E-state index contributed by atoms with van der Waals surface area (Å²) < 4.78 is 5.71. The summed E-state index contributed by atoms with van der Waals surface area (Å²) >= 11 is 3.28. The van der Waals surface area contributed by atoms with Gasteiger partial charge in [0.05, 0.1) is 6.26 Å². The second kappa shape index (κ2) is 5.07. The average molecular weight is 295 g/mol. The zero-order valence-electron chi connectivity index (χ0n) is 9.85. The lowest BCUT2D eigenvalue weighted by Crippen LogP contribution is -1.99. The van der Waals surface area contributed by atoms with Crippen LogP contribution in [-0.2, 0) is 0 Å². The van der Waals surface area contributed by atoms with Gasteiger partial charge in [0.15, 0.2) is 4.67 Å². The first kappa shape index (κ1) is 12.4. The van der Waals surface area contributed by atoms with Gasteiger partial charge in [-0.2, -0.15) is 0 Å². The standard InChI is InChI=1S/C14H15BrO2/c1-9(2)10-3-5-11(6-4-10)13(16)12-7-8-17-14(12)15/h3-9,13,16H,1-2H3. The number of furan rings is 1. The van der Waals surface area contributed by atoms with Crippen molar-refractivity contribution in [1.29, 1.82) is 0 Å². The van der Waals surface area contributed by atoms with Crippen molar-refractivity contribution < 1.29 is 9.52 Å². The normalized spacial score (nSPS) is 13.0. The van der Waals surface area contributed by atoms with Crippen molar-refractivity contribution in [3.8, 4) is 0 Å². The molecule has 0 bridgehead atoms. The van der Waals surface area contributed by atoms with Gasteiger partial charge in [-0.1, -0.05) is 38.1 Å². The van der Waals surface area contributed by atoms with Gasteiger partial charge >= 0.3 is 0 Å². The van der Waals surface area contributed by atoms with E-state index in [1.807, 2.05) is 12.1 Å². The lowest BCUT2D eigenvalue weighted by Gasteiger charge is -2.11. The van der Waals surface area contributed by atoms with Gasteiger partial charge in [0.1, 0.15) is 6.10 Å². The number of benzene rings is 1. The molecule has 3 heteroatoms. The Labute approximate surface area is 109 Å². The molecule has 0 aliphatic rings. The SMILES string of the molecule is CC(C)c1ccc(C(O)c2ccoc2Br)cc1. The van der Waals surface area contributed by atoms with E-state index >= 15 is 0 Å². The number of hydrogen-bond acceptors (Lipinski definition) is 2. The first-order valence-electron chi connectivity index (χ1n) is 5.60. The maximum atomic E-state index is 10.2. The van der Waals surface area contributed by atoms with E-state index in [0.717, 1.165) is 11.1 Å². The summed E-state index contributed by atoms with van der Waals surface area (Å²) in [5, 5.41) is 10.2. The first-order chi connectivity index (χ1) is 8.09. The zero-order chi connectivity index (χ0) is 12.4. The van der Waals surface area contributed by atoms with E-state index in [0.29, 0.717) is 10.6 Å². The number of hydrogen-bond donors (Lipinski definition) is 1. The molecule has 0 aliphatic carbocycles. The smallest absolute Gasteiger partial charge is 0.175 e. The van der Waals surface area contributed by atoms with Crippen LogP contribution in [-0.4, -0.2) is 5.11 Å². The topological polar surface area (TPSA) is 33.4 Å². The summed E-state index contributed by atoms with van der Waals surface area (Å²) in [7, 11) is 0. The lowest BCUT2D eigenvalue weighted by molar-refractivity contribution is 0.218. The minimum atomic E-state index is -0.649. The molecule has 0 fully saturated rings. The van der Waals surface area contributed by atoms with Gasteiger partial charge in [-0.05, 0) is 39.0 Å². The predicted molar refractivity (Wildman–Crippen MR) is 71.0 cm³/mol. The fraction of sp³-hybridized carbons (Fsp3) is 0.286. The van der Waals surface area contributed by atoms with Gasteiger partial charge in [0.2, 0.25) is 0 Å². The van der Waals surface area contributed by atoms with Crippen LogP contribution in [0.15, 0.2) is 45.7 Å². The van der Waals surface area contributed by atoms with Crippen molar-refractivity contribution in [3.63, 3.8) is 0 Å². The molecular weight excluding hydrogens is 280 g/mol. The largest absolute Gasteiger partial charge is 0.457 e. The van der Waals surface area contributed by atoms with Gasteiger partial charge in [-0.3, -0.25) is 0 Å². The summed E-state index contributed by atoms with van der Waals surface area (Å²) in [5.74, 6) is 0.502. The van der Waals surface area contributed by atoms with Crippen LogP contribution in [0, 0.1) is 0 Å². The van der Waals surface area contributed by atoms with E-state index in [4.69, 9.17) is 4.42 Å². The first-order valence-corrected chi connectivity index (χ1v) is 6.39. The maximum absolute atomic E-state index is 10.2. The molecule has 1 aromatic carbocycles. The summed E-state index contributed by atoms with van der Waals surface area (Å²) in [6, 6.07) is 9.79. The van der Waals surface area contributed by atoms with E-state index in [9.17, 15) is 5.11 Å². The highest BCUT2D eigenvalue weighted by Gasteiger charge is 2.15. The Bertz CT molecular complexity index is 485. The minimum absolute atomic E-state index is 0.502. The highest BCUT2D eigenvalue weighted by molar-refractivity contribution is 9.10. The second-order valence-corrected chi connectivity index (χ2v) is 5.09. The summed E-state index contributed by atoms with van der Waals surface area (Å²) in [6.07, 6.45) is 0.912. The maximum Gasteiger partial charge on any atom is 0.175 e. The van der Waals surface area contributed by atoms with Gasteiger partial charge in [-0.25, -0.2) is 0 Å². The van der Waals surface area contributed by atoms with Crippen molar-refractivity contribution in [2.24, 2.45) is 0 Å². The van der Waals surface area contributed by atoms with Gasteiger partial charge in [0.25, 0.3) is 0 Å². The van der Waals surface area contributed by atoms with Gasteiger partial charge < -0.3 is 9.52 Å². The van der Waals surface area contributed by atoms with Gasteiger partial charge in [-0.15, -0.1) is 0 Å². The van der Waals surface area contributed by atoms with Crippen LogP contribution in [0.5, 0.6) is 0 Å². The Kier molecular flexibility index (Phi) is 3.69. The Balaban J connectivity index is 2.26. The second-order valence-electron chi connectivity index (χ2n) is 4.37. The molecule has 1 heterocycles. The zero-order valence-corrected chi connectivity index (χ0v) is 11.4. The lowest BCUT2D eigenvalue weighted by atomic mass is 9.98. The molecule has 2 nitrogen and oxygen atoms in total. The summed E-state index contributed by atoms with van der Waals surface area (Å²) in [4.78, 5) is 0. The molecule has 0 amide bonds. The van der Waals surface area contributed by atoms with Crippen molar-refractivity contribution >= 4 is 15.9 Å². The highest BCUT2D eigenvalue weighted by Crippen LogP contribution is 2.30. The number of aliphatic hydroxyl groups excluding tert-OH is 1. The molecular formula is C14H15BrO2. The summed E-state index contributed by atoms with van der Waals surface area (Å²) in [5.41, 5.74) is 2.89. The van der Waals surface area contributed by atoms with E-state index in [-0.39, 0.29) is 0 Å². The average Bonchev–Trinajstić information content (AvgIpc) is 2.74. The number of halogens is 1. The molecule has 17 heavy (non-hydrogen) atoms. The Hall–Kier alpha value is -1.06. The molecule has 0 radical (unpaired) electrons. The Morgan fingerprint density at radius 3 is 2.12 bits per heavy atom. The Morgan fingerprint density at radius 1 is 1.06 bits per heavy atom. The molecule has 0 saturated heterocycles. The monoisotopic (exact) mass is 294 g/mol. The van der Waals surface area contributed by atoms with Gasteiger partial charge in [0, 0.05) is 5.56 Å². The molecule has 0 saturated carbocycles. The molecule has 2 aromatic rings. The predicted octanol–water partition coefficient (Wildman–Crippen LogP) is 4.25. The van der Waals surface area contributed by atoms with E-state index in [2.05, 4.69) is 41.9 Å². The van der Waals surface area contributed by atoms with Crippen molar-refractivity contribution in [3.05, 3.63) is 58.0 Å². The van der Waals surface area contributed by atoms with Crippen LogP contribution >= 0.6 is 15.9 Å². The fourth-order valence-electron chi connectivity index (χ4n) is 1.74. The minimum Gasteiger partial charge on any atom is -0.457 e. The van der Waals surface area contributed by atoms with Crippen LogP contribution in [0.4, 0.5) is 0 Å². The van der Waals surface area contributed by atoms with Crippen LogP contribution in [0.2, 0.25) is 0 Å². The third-order valence-electron chi connectivity index (χ3n) is 2.86. The van der Waals surface area contributed by atoms with Crippen LogP contribution in [0.3, 0.4) is 0 Å². The van der Waals surface area contributed by atoms with E-state index < -0.39 is 6.10 Å². The molecule has 0 spiro atoms. The quantitative estimate of drug-likeness (QED) is 0.918. The van der Waals surface area contributed by atoms with Crippen LogP contribution < -0.4 is 0 Å². The number of aliphatic hydroxyl groups is 1. The van der Waals surface area contributed by atoms with Crippen molar-refractivity contribution in [2.75, 3.05) is 0 Å². The van der Waals surface area contributed by atoms with E-state index in [1.165, 1.54) is 5.56 Å². The Morgan fingerprint density at radius 2 is 1.65 bits per heavy atom. The fourth-order valence-corrected chi connectivity index (χ4v) is 2.20.